The summed E-state index contributed by atoms with van der Waals surface area (Å²) < 4.78 is 2.31. The highest BCUT2D eigenvalue weighted by Gasteiger charge is 2.22. The first kappa shape index (κ1) is 16.3. The molecule has 0 fully saturated rings. The van der Waals surface area contributed by atoms with Crippen LogP contribution in [-0.2, 0) is 6.42 Å². The maximum Gasteiger partial charge on any atom is 0.145 e. The van der Waals surface area contributed by atoms with Crippen molar-refractivity contribution >= 4 is 33.6 Å². The van der Waals surface area contributed by atoms with Crippen LogP contribution < -0.4 is 0 Å². The van der Waals surface area contributed by atoms with Crippen LogP contribution in [0.4, 0.5) is 0 Å². The summed E-state index contributed by atoms with van der Waals surface area (Å²) in [6.07, 6.45) is 6.14. The third-order valence-electron chi connectivity index (χ3n) is 5.76. The minimum absolute atomic E-state index is 0.973. The zero-order valence-corrected chi connectivity index (χ0v) is 15.9. The number of rotatable bonds is 2. The first-order valence-electron chi connectivity index (χ1n) is 9.99. The summed E-state index contributed by atoms with van der Waals surface area (Å²) in [7, 11) is 0. The van der Waals surface area contributed by atoms with Gasteiger partial charge in [-0.2, -0.15) is 0 Å². The number of allylic oxidation sites excluding steroid dienone is 1. The molecule has 0 unspecified atom stereocenters. The van der Waals surface area contributed by atoms with Gasteiger partial charge in [-0.3, -0.25) is 4.57 Å². The van der Waals surface area contributed by atoms with E-state index in [9.17, 15) is 0 Å². The van der Waals surface area contributed by atoms with Gasteiger partial charge in [0.15, 0.2) is 0 Å². The highest BCUT2D eigenvalue weighted by Crippen LogP contribution is 2.37. The summed E-state index contributed by atoms with van der Waals surface area (Å²) in [6, 6.07) is 27.3. The summed E-state index contributed by atoms with van der Waals surface area (Å²) in [5, 5.41) is 2.38. The second kappa shape index (κ2) is 6.42. The fourth-order valence-electron chi connectivity index (χ4n) is 4.40. The van der Waals surface area contributed by atoms with Crippen LogP contribution in [0.5, 0.6) is 0 Å². The molecule has 2 aromatic carbocycles. The fourth-order valence-corrected chi connectivity index (χ4v) is 4.40. The summed E-state index contributed by atoms with van der Waals surface area (Å²) >= 11 is 0. The van der Waals surface area contributed by atoms with Crippen LogP contribution in [0.2, 0.25) is 0 Å². The van der Waals surface area contributed by atoms with Gasteiger partial charge in [0.1, 0.15) is 5.65 Å². The van der Waals surface area contributed by atoms with E-state index in [4.69, 9.17) is 9.97 Å². The van der Waals surface area contributed by atoms with Crippen molar-refractivity contribution in [2.24, 2.45) is 0 Å². The predicted molar refractivity (Wildman–Crippen MR) is 119 cm³/mol. The van der Waals surface area contributed by atoms with Gasteiger partial charge >= 0.3 is 0 Å². The number of benzene rings is 2. The molecule has 0 aliphatic heterocycles. The molecule has 0 saturated carbocycles. The van der Waals surface area contributed by atoms with E-state index in [1.165, 1.54) is 27.6 Å². The van der Waals surface area contributed by atoms with Crippen LogP contribution in [-0.4, -0.2) is 14.5 Å². The Labute approximate surface area is 169 Å². The van der Waals surface area contributed by atoms with Crippen molar-refractivity contribution in [2.45, 2.75) is 12.8 Å². The van der Waals surface area contributed by atoms with Crippen LogP contribution in [0.1, 0.15) is 23.4 Å². The molecule has 0 amide bonds. The van der Waals surface area contributed by atoms with Crippen molar-refractivity contribution in [2.75, 3.05) is 0 Å². The fraction of sp³-hybridized carbons (Fsp3) is 0.0769. The van der Waals surface area contributed by atoms with Gasteiger partial charge in [0.25, 0.3) is 0 Å². The molecule has 6 rings (SSSR count). The molecule has 0 atom stereocenters. The number of hydrogen-bond acceptors (Lipinski definition) is 2. The van der Waals surface area contributed by atoms with E-state index in [1.807, 2.05) is 18.3 Å². The Kier molecular flexibility index (Phi) is 3.60. The van der Waals surface area contributed by atoms with Gasteiger partial charge in [0, 0.05) is 33.9 Å². The highest BCUT2D eigenvalue weighted by atomic mass is 15.1. The normalized spacial score (nSPS) is 13.4. The third kappa shape index (κ3) is 2.59. The Hall–Kier alpha value is -3.72. The van der Waals surface area contributed by atoms with Crippen molar-refractivity contribution in [3.8, 4) is 5.69 Å². The molecular formula is C26H19N3. The smallest absolute Gasteiger partial charge is 0.145 e. The Morgan fingerprint density at radius 3 is 2.55 bits per heavy atom. The summed E-state index contributed by atoms with van der Waals surface area (Å²) in [5.74, 6) is 0. The van der Waals surface area contributed by atoms with Crippen molar-refractivity contribution in [1.29, 1.82) is 0 Å². The quantitative estimate of drug-likeness (QED) is 0.376. The number of aromatic nitrogens is 3. The summed E-state index contributed by atoms with van der Waals surface area (Å²) in [5.41, 5.74) is 8.19. The van der Waals surface area contributed by atoms with E-state index in [-0.39, 0.29) is 0 Å². The molecule has 138 valence electrons. The number of para-hydroxylation sites is 2. The molecule has 0 spiro atoms. The third-order valence-corrected chi connectivity index (χ3v) is 5.76. The molecular weight excluding hydrogens is 354 g/mol. The van der Waals surface area contributed by atoms with E-state index >= 15 is 0 Å². The van der Waals surface area contributed by atoms with Crippen LogP contribution in [0.3, 0.4) is 0 Å². The van der Waals surface area contributed by atoms with Gasteiger partial charge in [-0.15, -0.1) is 0 Å². The first-order chi connectivity index (χ1) is 14.4. The van der Waals surface area contributed by atoms with Crippen molar-refractivity contribution in [3.05, 3.63) is 102 Å². The average molecular weight is 373 g/mol. The molecule has 0 bridgehead atoms. The van der Waals surface area contributed by atoms with Crippen molar-refractivity contribution in [3.63, 3.8) is 0 Å². The largest absolute Gasteiger partial charge is 0.298 e. The lowest BCUT2D eigenvalue weighted by molar-refractivity contribution is 0.889. The van der Waals surface area contributed by atoms with Crippen LogP contribution in [0.25, 0.3) is 39.3 Å². The van der Waals surface area contributed by atoms with Crippen LogP contribution in [0.15, 0.2) is 85.1 Å². The second-order valence-electron chi connectivity index (χ2n) is 7.46. The molecule has 3 heterocycles. The number of fused-ring (bicyclic) bond motifs is 4. The van der Waals surface area contributed by atoms with Gasteiger partial charge in [0.2, 0.25) is 0 Å². The van der Waals surface area contributed by atoms with Gasteiger partial charge in [-0.1, -0.05) is 42.5 Å². The lowest BCUT2D eigenvalue weighted by atomic mass is 9.93. The van der Waals surface area contributed by atoms with Gasteiger partial charge < -0.3 is 0 Å². The SMILES string of the molecule is C1=C(c2ccc3ccccc3n2)CCc2c1c1cccnc1n2-c1ccccc1. The van der Waals surface area contributed by atoms with Crippen LogP contribution in [0, 0.1) is 0 Å². The van der Waals surface area contributed by atoms with E-state index in [1.54, 1.807) is 0 Å². The zero-order valence-electron chi connectivity index (χ0n) is 15.9. The molecule has 29 heavy (non-hydrogen) atoms. The lowest BCUT2D eigenvalue weighted by Gasteiger charge is -2.17. The Morgan fingerprint density at radius 1 is 0.759 bits per heavy atom. The summed E-state index contributed by atoms with van der Waals surface area (Å²) in [4.78, 5) is 9.65. The molecule has 1 aliphatic carbocycles. The molecule has 3 aromatic heterocycles. The van der Waals surface area contributed by atoms with E-state index in [2.05, 4.69) is 77.4 Å². The Balaban J connectivity index is 1.56. The molecule has 1 aliphatic rings. The van der Waals surface area contributed by atoms with Crippen molar-refractivity contribution in [1.82, 2.24) is 14.5 Å². The van der Waals surface area contributed by atoms with Crippen LogP contribution >= 0.6 is 0 Å². The number of pyridine rings is 2. The summed E-state index contributed by atoms with van der Waals surface area (Å²) in [6.45, 7) is 0. The Bertz CT molecular complexity index is 1390. The molecule has 3 nitrogen and oxygen atoms in total. The van der Waals surface area contributed by atoms with E-state index < -0.39 is 0 Å². The highest BCUT2D eigenvalue weighted by molar-refractivity contribution is 5.97. The van der Waals surface area contributed by atoms with E-state index in [0.29, 0.717) is 0 Å². The molecule has 0 saturated heterocycles. The zero-order chi connectivity index (χ0) is 19.2. The molecule has 5 aromatic rings. The Morgan fingerprint density at radius 2 is 1.62 bits per heavy atom. The molecule has 3 heteroatoms. The lowest BCUT2D eigenvalue weighted by Crippen LogP contribution is -2.06. The van der Waals surface area contributed by atoms with Gasteiger partial charge in [-0.25, -0.2) is 9.97 Å². The minimum Gasteiger partial charge on any atom is -0.298 e. The van der Waals surface area contributed by atoms with Gasteiger partial charge in [0.05, 0.1) is 11.2 Å². The predicted octanol–water partition coefficient (Wildman–Crippen LogP) is 6.06. The molecule has 0 radical (unpaired) electrons. The standard InChI is InChI=1S/C26H19N3/c1-2-8-20(9-3-1)29-25-15-13-19(17-22(25)21-10-6-16-27-26(21)29)24-14-12-18-7-4-5-11-23(18)28-24/h1-12,14,16-17H,13,15H2. The topological polar surface area (TPSA) is 30.7 Å². The monoisotopic (exact) mass is 373 g/mol. The maximum absolute atomic E-state index is 4.93. The first-order valence-corrected chi connectivity index (χ1v) is 9.99. The van der Waals surface area contributed by atoms with E-state index in [0.717, 1.165) is 35.4 Å². The number of nitrogens with zero attached hydrogens (tertiary/aromatic N) is 3. The average Bonchev–Trinajstić information content (AvgIpc) is 3.13. The van der Waals surface area contributed by atoms with Crippen molar-refractivity contribution < 1.29 is 0 Å². The minimum atomic E-state index is 0.973. The van der Waals surface area contributed by atoms with Gasteiger partial charge in [-0.05, 0) is 60.9 Å². The molecule has 0 N–H and O–H groups in total. The number of hydrogen-bond donors (Lipinski definition) is 0. The maximum atomic E-state index is 4.93. The second-order valence-corrected chi connectivity index (χ2v) is 7.46.